The molecule has 0 radical (unpaired) electrons. The summed E-state index contributed by atoms with van der Waals surface area (Å²) in [5.41, 5.74) is 6.96. The van der Waals surface area contributed by atoms with Crippen LogP contribution in [0, 0.1) is 0 Å². The molecule has 1 rings (SSSR count). The van der Waals surface area contributed by atoms with Crippen molar-refractivity contribution < 1.29 is 5.11 Å². The van der Waals surface area contributed by atoms with E-state index in [9.17, 15) is 5.11 Å². The van der Waals surface area contributed by atoms with E-state index in [0.717, 1.165) is 18.7 Å². The number of likely N-dealkylation sites (N-methyl/N-ethyl adjacent to an activating group) is 1. The van der Waals surface area contributed by atoms with E-state index in [1.54, 1.807) is 19.9 Å². The molecule has 0 heterocycles. The normalized spacial score (nSPS) is 12.1. The van der Waals surface area contributed by atoms with Crippen LogP contribution in [0.3, 0.4) is 0 Å². The zero-order valence-corrected chi connectivity index (χ0v) is 11.5. The predicted octanol–water partition coefficient (Wildman–Crippen LogP) is 2.52. The number of hydrogen-bond acceptors (Lipinski definition) is 3. The van der Waals surface area contributed by atoms with Gasteiger partial charge in [0.2, 0.25) is 0 Å². The van der Waals surface area contributed by atoms with Crippen LogP contribution in [0.4, 0.5) is 5.69 Å². The first-order valence-electron chi connectivity index (χ1n) is 5.80. The maximum absolute atomic E-state index is 9.82. The van der Waals surface area contributed by atoms with Gasteiger partial charge in [-0.3, -0.25) is 4.90 Å². The third-order valence-corrected chi connectivity index (χ3v) is 2.79. The van der Waals surface area contributed by atoms with Gasteiger partial charge in [0.05, 0.1) is 5.60 Å². The minimum atomic E-state index is -0.697. The summed E-state index contributed by atoms with van der Waals surface area (Å²) < 4.78 is 0. The minimum absolute atomic E-state index is 0.617. The van der Waals surface area contributed by atoms with Gasteiger partial charge in [-0.2, -0.15) is 0 Å². The molecule has 1 aromatic rings. The fourth-order valence-electron chi connectivity index (χ4n) is 1.78. The van der Waals surface area contributed by atoms with Crippen LogP contribution in [-0.2, 0) is 6.54 Å². The van der Waals surface area contributed by atoms with Gasteiger partial charge in [-0.05, 0) is 38.1 Å². The Kier molecular flexibility index (Phi) is 4.80. The number of anilines is 1. The highest BCUT2D eigenvalue weighted by molar-refractivity contribution is 6.30. The van der Waals surface area contributed by atoms with Crippen LogP contribution in [0.1, 0.15) is 26.3 Å². The van der Waals surface area contributed by atoms with Crippen LogP contribution >= 0.6 is 11.6 Å². The van der Waals surface area contributed by atoms with Gasteiger partial charge in [0, 0.05) is 23.8 Å². The van der Waals surface area contributed by atoms with Gasteiger partial charge in [0.1, 0.15) is 0 Å². The molecule has 0 fully saturated rings. The molecular formula is C13H21ClN2O. The maximum atomic E-state index is 9.82. The quantitative estimate of drug-likeness (QED) is 0.796. The van der Waals surface area contributed by atoms with Gasteiger partial charge in [0.25, 0.3) is 0 Å². The fourth-order valence-corrected chi connectivity index (χ4v) is 1.96. The first-order chi connectivity index (χ1) is 7.81. The Labute approximate surface area is 108 Å². The molecule has 0 spiro atoms. The lowest BCUT2D eigenvalue weighted by atomic mass is 10.1. The van der Waals surface area contributed by atoms with E-state index in [0.29, 0.717) is 17.3 Å². The van der Waals surface area contributed by atoms with E-state index in [4.69, 9.17) is 17.3 Å². The molecule has 0 atom stereocenters. The second-order valence-corrected chi connectivity index (χ2v) is 5.40. The van der Waals surface area contributed by atoms with Crippen molar-refractivity contribution in [2.24, 2.45) is 0 Å². The first kappa shape index (κ1) is 14.3. The first-order valence-corrected chi connectivity index (χ1v) is 6.18. The number of hydrogen-bond donors (Lipinski definition) is 2. The van der Waals surface area contributed by atoms with Gasteiger partial charge in [-0.1, -0.05) is 24.6 Å². The molecule has 3 N–H and O–H groups in total. The summed E-state index contributed by atoms with van der Waals surface area (Å²) in [6.07, 6.45) is 0. The van der Waals surface area contributed by atoms with Crippen LogP contribution in [0.15, 0.2) is 18.2 Å². The lowest BCUT2D eigenvalue weighted by molar-refractivity contribution is 0.0354. The Balaban J connectivity index is 2.74. The van der Waals surface area contributed by atoms with Crippen molar-refractivity contribution in [3.8, 4) is 0 Å². The van der Waals surface area contributed by atoms with Crippen molar-refractivity contribution in [2.45, 2.75) is 32.9 Å². The molecule has 0 aromatic heterocycles. The van der Waals surface area contributed by atoms with Gasteiger partial charge in [-0.25, -0.2) is 0 Å². The molecule has 1 aromatic carbocycles. The number of rotatable bonds is 5. The van der Waals surface area contributed by atoms with Crippen molar-refractivity contribution in [1.29, 1.82) is 0 Å². The van der Waals surface area contributed by atoms with Crippen molar-refractivity contribution in [3.05, 3.63) is 28.8 Å². The molecule has 3 nitrogen and oxygen atoms in total. The topological polar surface area (TPSA) is 49.5 Å². The van der Waals surface area contributed by atoms with E-state index in [-0.39, 0.29) is 0 Å². The summed E-state index contributed by atoms with van der Waals surface area (Å²) in [6.45, 7) is 7.89. The minimum Gasteiger partial charge on any atom is -0.398 e. The van der Waals surface area contributed by atoms with Crippen molar-refractivity contribution in [3.63, 3.8) is 0 Å². The van der Waals surface area contributed by atoms with Crippen LogP contribution in [0.2, 0.25) is 5.02 Å². The Bertz CT molecular complexity index is 374. The molecule has 0 saturated heterocycles. The van der Waals surface area contributed by atoms with Gasteiger partial charge in [0.15, 0.2) is 0 Å². The van der Waals surface area contributed by atoms with Gasteiger partial charge >= 0.3 is 0 Å². The number of halogens is 1. The highest BCUT2D eigenvalue weighted by Crippen LogP contribution is 2.20. The summed E-state index contributed by atoms with van der Waals surface area (Å²) in [5, 5.41) is 10.5. The average Bonchev–Trinajstić information content (AvgIpc) is 2.19. The number of aliphatic hydroxyl groups is 1. The second kappa shape index (κ2) is 5.71. The largest absolute Gasteiger partial charge is 0.398 e. The second-order valence-electron chi connectivity index (χ2n) is 4.96. The number of nitrogens with zero attached hydrogens (tertiary/aromatic N) is 1. The highest BCUT2D eigenvalue weighted by Gasteiger charge is 2.17. The third kappa shape index (κ3) is 4.94. The number of benzene rings is 1. The third-order valence-electron chi connectivity index (χ3n) is 2.56. The van der Waals surface area contributed by atoms with Crippen molar-refractivity contribution >= 4 is 17.3 Å². The van der Waals surface area contributed by atoms with Crippen LogP contribution in [0.25, 0.3) is 0 Å². The summed E-state index contributed by atoms with van der Waals surface area (Å²) in [6, 6.07) is 5.53. The Hall–Kier alpha value is -0.770. The number of nitrogens with two attached hydrogens (primary N) is 1. The SMILES string of the molecule is CCN(Cc1ccc(Cl)cc1N)CC(C)(C)O. The van der Waals surface area contributed by atoms with E-state index < -0.39 is 5.60 Å². The molecule has 0 aliphatic heterocycles. The molecule has 0 saturated carbocycles. The Morgan fingerprint density at radius 1 is 1.41 bits per heavy atom. The Morgan fingerprint density at radius 3 is 2.53 bits per heavy atom. The molecule has 96 valence electrons. The van der Waals surface area contributed by atoms with Crippen LogP contribution in [-0.4, -0.2) is 28.7 Å². The average molecular weight is 257 g/mol. The molecule has 0 bridgehead atoms. The Morgan fingerprint density at radius 2 is 2.06 bits per heavy atom. The lowest BCUT2D eigenvalue weighted by Gasteiger charge is -2.28. The molecule has 0 unspecified atom stereocenters. The molecule has 0 amide bonds. The van der Waals surface area contributed by atoms with Crippen LogP contribution in [0.5, 0.6) is 0 Å². The molecular weight excluding hydrogens is 236 g/mol. The van der Waals surface area contributed by atoms with Gasteiger partial charge < -0.3 is 10.8 Å². The summed E-state index contributed by atoms with van der Waals surface area (Å²) in [5.74, 6) is 0. The van der Waals surface area contributed by atoms with Gasteiger partial charge in [-0.15, -0.1) is 0 Å². The zero-order chi connectivity index (χ0) is 13.1. The summed E-state index contributed by atoms with van der Waals surface area (Å²) in [4.78, 5) is 2.15. The zero-order valence-electron chi connectivity index (χ0n) is 10.7. The summed E-state index contributed by atoms with van der Waals surface area (Å²) >= 11 is 5.86. The monoisotopic (exact) mass is 256 g/mol. The molecule has 17 heavy (non-hydrogen) atoms. The smallest absolute Gasteiger partial charge is 0.0718 e. The maximum Gasteiger partial charge on any atom is 0.0718 e. The highest BCUT2D eigenvalue weighted by atomic mass is 35.5. The number of nitrogen functional groups attached to an aromatic ring is 1. The lowest BCUT2D eigenvalue weighted by Crippen LogP contribution is -2.38. The predicted molar refractivity (Wildman–Crippen MR) is 73.1 cm³/mol. The fraction of sp³-hybridized carbons (Fsp3) is 0.538. The van der Waals surface area contributed by atoms with E-state index in [2.05, 4.69) is 11.8 Å². The van der Waals surface area contributed by atoms with Crippen LogP contribution < -0.4 is 5.73 Å². The van der Waals surface area contributed by atoms with Crippen molar-refractivity contribution in [2.75, 3.05) is 18.8 Å². The molecule has 0 aliphatic rings. The molecule has 4 heteroatoms. The molecule has 0 aliphatic carbocycles. The van der Waals surface area contributed by atoms with E-state index in [1.807, 2.05) is 12.1 Å². The van der Waals surface area contributed by atoms with E-state index >= 15 is 0 Å². The van der Waals surface area contributed by atoms with Crippen molar-refractivity contribution in [1.82, 2.24) is 4.90 Å². The standard InChI is InChI=1S/C13H21ClN2O/c1-4-16(9-13(2,3)17)8-10-5-6-11(14)7-12(10)15/h5-7,17H,4,8-9,15H2,1-3H3. The van der Waals surface area contributed by atoms with E-state index in [1.165, 1.54) is 0 Å². The summed E-state index contributed by atoms with van der Waals surface area (Å²) in [7, 11) is 0.